The van der Waals surface area contributed by atoms with Crippen LogP contribution in [0.25, 0.3) is 0 Å². The Bertz CT molecular complexity index is 351. The third-order valence-corrected chi connectivity index (χ3v) is 2.95. The van der Waals surface area contributed by atoms with Crippen LogP contribution in [0.5, 0.6) is 0 Å². The predicted octanol–water partition coefficient (Wildman–Crippen LogP) is 2.66. The molecule has 88 valence electrons. The SMILES string of the molecule is COC(=O)C(C)N[C@H](C)c1ccc(Br)cc1. The van der Waals surface area contributed by atoms with Gasteiger partial charge >= 0.3 is 5.97 Å². The fraction of sp³-hybridized carbons (Fsp3) is 0.417. The van der Waals surface area contributed by atoms with Gasteiger partial charge in [-0.25, -0.2) is 0 Å². The summed E-state index contributed by atoms with van der Waals surface area (Å²) in [6.07, 6.45) is 0. The fourth-order valence-electron chi connectivity index (χ4n) is 1.47. The topological polar surface area (TPSA) is 38.3 Å². The molecule has 0 aliphatic heterocycles. The lowest BCUT2D eigenvalue weighted by Gasteiger charge is -2.18. The van der Waals surface area contributed by atoms with Crippen LogP contribution < -0.4 is 5.32 Å². The maximum Gasteiger partial charge on any atom is 0.322 e. The summed E-state index contributed by atoms with van der Waals surface area (Å²) in [6.45, 7) is 3.81. The number of hydrogen-bond donors (Lipinski definition) is 1. The Kier molecular flexibility index (Phi) is 4.96. The normalized spacial score (nSPS) is 14.2. The lowest BCUT2D eigenvalue weighted by atomic mass is 10.1. The van der Waals surface area contributed by atoms with Crippen LogP contribution in [-0.2, 0) is 9.53 Å². The Labute approximate surface area is 104 Å². The van der Waals surface area contributed by atoms with Gasteiger partial charge in [-0.3, -0.25) is 10.1 Å². The zero-order valence-electron chi connectivity index (χ0n) is 9.66. The molecule has 2 atom stereocenters. The molecule has 0 amide bonds. The molecule has 1 N–H and O–H groups in total. The number of rotatable bonds is 4. The van der Waals surface area contributed by atoms with Crippen molar-refractivity contribution < 1.29 is 9.53 Å². The Balaban J connectivity index is 2.61. The number of carbonyl (C=O) groups is 1. The van der Waals surface area contributed by atoms with E-state index < -0.39 is 0 Å². The first-order chi connectivity index (χ1) is 7.54. The Morgan fingerprint density at radius 2 is 1.88 bits per heavy atom. The highest BCUT2D eigenvalue weighted by molar-refractivity contribution is 9.10. The van der Waals surface area contributed by atoms with E-state index in [-0.39, 0.29) is 18.1 Å². The molecule has 1 unspecified atom stereocenters. The van der Waals surface area contributed by atoms with Crippen molar-refractivity contribution in [2.24, 2.45) is 0 Å². The van der Waals surface area contributed by atoms with Crippen molar-refractivity contribution in [3.8, 4) is 0 Å². The molecule has 0 bridgehead atoms. The number of hydrogen-bond acceptors (Lipinski definition) is 3. The van der Waals surface area contributed by atoms with Crippen molar-refractivity contribution in [3.05, 3.63) is 34.3 Å². The summed E-state index contributed by atoms with van der Waals surface area (Å²) in [4.78, 5) is 11.2. The van der Waals surface area contributed by atoms with E-state index in [9.17, 15) is 4.79 Å². The average molecular weight is 286 g/mol. The number of nitrogens with one attached hydrogen (secondary N) is 1. The average Bonchev–Trinajstić information content (AvgIpc) is 2.28. The van der Waals surface area contributed by atoms with E-state index in [1.807, 2.05) is 31.2 Å². The lowest BCUT2D eigenvalue weighted by molar-refractivity contribution is -0.142. The number of carbonyl (C=O) groups excluding carboxylic acids is 1. The van der Waals surface area contributed by atoms with E-state index in [1.54, 1.807) is 6.92 Å². The first kappa shape index (κ1) is 13.2. The van der Waals surface area contributed by atoms with Gasteiger partial charge in [-0.05, 0) is 31.5 Å². The Morgan fingerprint density at radius 3 is 2.38 bits per heavy atom. The molecular weight excluding hydrogens is 270 g/mol. The van der Waals surface area contributed by atoms with Crippen molar-refractivity contribution in [2.75, 3.05) is 7.11 Å². The summed E-state index contributed by atoms with van der Waals surface area (Å²) in [5, 5.41) is 3.18. The molecule has 0 radical (unpaired) electrons. The molecule has 0 spiro atoms. The quantitative estimate of drug-likeness (QED) is 0.865. The highest BCUT2D eigenvalue weighted by atomic mass is 79.9. The summed E-state index contributed by atoms with van der Waals surface area (Å²) < 4.78 is 5.70. The van der Waals surface area contributed by atoms with Gasteiger partial charge in [-0.1, -0.05) is 28.1 Å². The summed E-state index contributed by atoms with van der Waals surface area (Å²) in [5.74, 6) is -0.246. The second kappa shape index (κ2) is 6.01. The number of ether oxygens (including phenoxy) is 1. The van der Waals surface area contributed by atoms with Crippen molar-refractivity contribution in [1.29, 1.82) is 0 Å². The highest BCUT2D eigenvalue weighted by Gasteiger charge is 2.16. The largest absolute Gasteiger partial charge is 0.468 e. The van der Waals surface area contributed by atoms with Crippen LogP contribution in [0, 0.1) is 0 Å². The molecule has 0 aromatic heterocycles. The second-order valence-electron chi connectivity index (χ2n) is 3.68. The molecule has 0 saturated carbocycles. The standard InChI is InChI=1S/C12H16BrNO2/c1-8(14-9(2)12(15)16-3)10-4-6-11(13)7-5-10/h4-9,14H,1-3H3/t8-,9?/m1/s1. The minimum absolute atomic E-state index is 0.113. The molecule has 16 heavy (non-hydrogen) atoms. The van der Waals surface area contributed by atoms with E-state index in [0.717, 1.165) is 10.0 Å². The van der Waals surface area contributed by atoms with E-state index in [0.29, 0.717) is 0 Å². The number of methoxy groups -OCH3 is 1. The van der Waals surface area contributed by atoms with Gasteiger partial charge in [0.15, 0.2) is 0 Å². The summed E-state index contributed by atoms with van der Waals surface area (Å²) >= 11 is 3.39. The first-order valence-electron chi connectivity index (χ1n) is 5.14. The van der Waals surface area contributed by atoms with E-state index >= 15 is 0 Å². The van der Waals surface area contributed by atoms with Gasteiger partial charge in [0.1, 0.15) is 6.04 Å². The predicted molar refractivity (Wildman–Crippen MR) is 67.2 cm³/mol. The number of halogens is 1. The molecule has 0 aliphatic rings. The van der Waals surface area contributed by atoms with Crippen LogP contribution in [0.15, 0.2) is 28.7 Å². The molecule has 0 heterocycles. The molecule has 4 heteroatoms. The first-order valence-corrected chi connectivity index (χ1v) is 5.93. The van der Waals surface area contributed by atoms with Gasteiger partial charge in [-0.15, -0.1) is 0 Å². The fourth-order valence-corrected chi connectivity index (χ4v) is 1.73. The molecule has 1 aromatic carbocycles. The van der Waals surface area contributed by atoms with Crippen LogP contribution in [-0.4, -0.2) is 19.1 Å². The van der Waals surface area contributed by atoms with Crippen molar-refractivity contribution in [3.63, 3.8) is 0 Å². The van der Waals surface area contributed by atoms with E-state index in [2.05, 4.69) is 26.0 Å². The van der Waals surface area contributed by atoms with Crippen LogP contribution in [0.4, 0.5) is 0 Å². The van der Waals surface area contributed by atoms with E-state index in [4.69, 9.17) is 0 Å². The molecule has 1 rings (SSSR count). The molecule has 1 aromatic rings. The van der Waals surface area contributed by atoms with Crippen molar-refractivity contribution in [1.82, 2.24) is 5.32 Å². The third-order valence-electron chi connectivity index (χ3n) is 2.42. The summed E-state index contributed by atoms with van der Waals surface area (Å²) in [7, 11) is 1.39. The smallest absolute Gasteiger partial charge is 0.322 e. The van der Waals surface area contributed by atoms with Gasteiger partial charge in [0, 0.05) is 10.5 Å². The summed E-state index contributed by atoms with van der Waals surface area (Å²) in [6, 6.07) is 7.82. The zero-order valence-corrected chi connectivity index (χ0v) is 11.2. The van der Waals surface area contributed by atoms with Crippen molar-refractivity contribution >= 4 is 21.9 Å². The Morgan fingerprint density at radius 1 is 1.31 bits per heavy atom. The number of benzene rings is 1. The zero-order chi connectivity index (χ0) is 12.1. The van der Waals surface area contributed by atoms with Crippen LogP contribution in [0.1, 0.15) is 25.5 Å². The third kappa shape index (κ3) is 3.61. The molecule has 0 fully saturated rings. The minimum atomic E-state index is -0.302. The van der Waals surface area contributed by atoms with Gasteiger partial charge in [0.05, 0.1) is 7.11 Å². The highest BCUT2D eigenvalue weighted by Crippen LogP contribution is 2.16. The van der Waals surface area contributed by atoms with Gasteiger partial charge in [0.25, 0.3) is 0 Å². The Hall–Kier alpha value is -0.870. The number of esters is 1. The molecular formula is C12H16BrNO2. The minimum Gasteiger partial charge on any atom is -0.468 e. The maximum atomic E-state index is 11.2. The van der Waals surface area contributed by atoms with Crippen LogP contribution >= 0.6 is 15.9 Å². The second-order valence-corrected chi connectivity index (χ2v) is 4.60. The van der Waals surface area contributed by atoms with Crippen LogP contribution in [0.3, 0.4) is 0 Å². The van der Waals surface area contributed by atoms with Gasteiger partial charge in [0.2, 0.25) is 0 Å². The van der Waals surface area contributed by atoms with E-state index in [1.165, 1.54) is 7.11 Å². The molecule has 3 nitrogen and oxygen atoms in total. The van der Waals surface area contributed by atoms with Gasteiger partial charge in [-0.2, -0.15) is 0 Å². The lowest BCUT2D eigenvalue weighted by Crippen LogP contribution is -2.36. The molecule has 0 saturated heterocycles. The van der Waals surface area contributed by atoms with Crippen molar-refractivity contribution in [2.45, 2.75) is 25.9 Å². The monoisotopic (exact) mass is 285 g/mol. The molecule has 0 aliphatic carbocycles. The van der Waals surface area contributed by atoms with Gasteiger partial charge < -0.3 is 4.74 Å². The van der Waals surface area contributed by atoms with Crippen LogP contribution in [0.2, 0.25) is 0 Å². The maximum absolute atomic E-state index is 11.2. The summed E-state index contributed by atoms with van der Waals surface area (Å²) in [5.41, 5.74) is 1.14.